The average molecular weight is 920 g/mol. The lowest BCUT2D eigenvalue weighted by molar-refractivity contribution is -0.155. The van der Waals surface area contributed by atoms with Crippen LogP contribution in [0.1, 0.15) is 265 Å². The maximum absolute atomic E-state index is 12.6. The number of hydrogen-bond donors (Lipinski definition) is 0. The van der Waals surface area contributed by atoms with E-state index >= 15 is 0 Å². The number of hydrogen-bond acceptors (Lipinski definition) is 5. The third kappa shape index (κ3) is 53.7. The minimum absolute atomic E-state index is 0.135. The molecule has 0 radical (unpaired) electrons. The highest BCUT2D eigenvalue weighted by Crippen LogP contribution is 2.15. The topological polar surface area (TPSA) is 61.8 Å². The van der Waals surface area contributed by atoms with E-state index in [1.165, 1.54) is 116 Å². The monoisotopic (exact) mass is 919 g/mol. The summed E-state index contributed by atoms with van der Waals surface area (Å²) >= 11 is 0. The second-order valence-electron chi connectivity index (χ2n) is 18.5. The quantitative estimate of drug-likeness (QED) is 0.0346. The molecule has 0 aromatic rings. The highest BCUT2D eigenvalue weighted by molar-refractivity contribution is 5.69. The summed E-state index contributed by atoms with van der Waals surface area (Å²) in [5, 5.41) is 0. The SMILES string of the molecule is CC/C=C\C/C=C\C/C=C\C/C=C\CCCCCCC(=O)OC[C@H](COC(=O)CCCCCC/C=C\C/C=C\C/C=C\CCCCC)OCCCCCCCCCCCCCCCCCC. The van der Waals surface area contributed by atoms with Crippen molar-refractivity contribution in [2.75, 3.05) is 19.8 Å². The Morgan fingerprint density at radius 2 is 0.621 bits per heavy atom. The van der Waals surface area contributed by atoms with E-state index in [1.54, 1.807) is 0 Å². The third-order valence-electron chi connectivity index (χ3n) is 12.0. The molecule has 0 saturated carbocycles. The fourth-order valence-corrected chi connectivity index (χ4v) is 7.72. The Balaban J connectivity index is 4.35. The molecule has 0 aromatic heterocycles. The lowest BCUT2D eigenvalue weighted by atomic mass is 10.0. The van der Waals surface area contributed by atoms with Crippen LogP contribution >= 0.6 is 0 Å². The van der Waals surface area contributed by atoms with E-state index in [2.05, 4.69) is 106 Å². The summed E-state index contributed by atoms with van der Waals surface area (Å²) in [7, 11) is 0. The molecule has 0 aromatic carbocycles. The largest absolute Gasteiger partial charge is 0.463 e. The summed E-state index contributed by atoms with van der Waals surface area (Å²) in [6.45, 7) is 7.56. The van der Waals surface area contributed by atoms with Crippen LogP contribution in [0.4, 0.5) is 0 Å². The maximum Gasteiger partial charge on any atom is 0.305 e. The van der Waals surface area contributed by atoms with Crippen LogP contribution in [0.5, 0.6) is 0 Å². The zero-order valence-corrected chi connectivity index (χ0v) is 43.7. The fourth-order valence-electron chi connectivity index (χ4n) is 7.72. The van der Waals surface area contributed by atoms with E-state index in [4.69, 9.17) is 14.2 Å². The molecule has 0 spiro atoms. The van der Waals surface area contributed by atoms with Crippen LogP contribution in [0.25, 0.3) is 0 Å². The first-order valence-electron chi connectivity index (χ1n) is 28.1. The Morgan fingerprint density at radius 1 is 0.333 bits per heavy atom. The number of carbonyl (C=O) groups excluding carboxylic acids is 2. The molecule has 5 heteroatoms. The fraction of sp³-hybridized carbons (Fsp3) is 0.738. The molecule has 0 N–H and O–H groups in total. The number of esters is 2. The van der Waals surface area contributed by atoms with Gasteiger partial charge in [0.2, 0.25) is 0 Å². The summed E-state index contributed by atoms with van der Waals surface area (Å²) < 4.78 is 17.5. The van der Waals surface area contributed by atoms with Gasteiger partial charge in [-0.1, -0.05) is 241 Å². The first-order valence-corrected chi connectivity index (χ1v) is 28.1. The lowest BCUT2D eigenvalue weighted by Crippen LogP contribution is -2.29. The zero-order valence-electron chi connectivity index (χ0n) is 43.7. The summed E-state index contributed by atoms with van der Waals surface area (Å²) in [6, 6.07) is 0. The molecule has 0 heterocycles. The Hall–Kier alpha value is -2.92. The molecule has 0 fully saturated rings. The van der Waals surface area contributed by atoms with Crippen molar-refractivity contribution in [1.82, 2.24) is 0 Å². The second kappa shape index (κ2) is 56.4. The lowest BCUT2D eigenvalue weighted by Gasteiger charge is -2.18. The third-order valence-corrected chi connectivity index (χ3v) is 12.0. The van der Waals surface area contributed by atoms with E-state index in [1.807, 2.05) is 0 Å². The van der Waals surface area contributed by atoms with Crippen molar-refractivity contribution in [2.45, 2.75) is 271 Å². The van der Waals surface area contributed by atoms with Crippen molar-refractivity contribution in [2.24, 2.45) is 0 Å². The van der Waals surface area contributed by atoms with Gasteiger partial charge in [0.15, 0.2) is 0 Å². The number of rotatable bonds is 51. The highest BCUT2D eigenvalue weighted by Gasteiger charge is 2.16. The van der Waals surface area contributed by atoms with Crippen LogP contribution in [0, 0.1) is 0 Å². The highest BCUT2D eigenvalue weighted by atomic mass is 16.6. The normalized spacial score (nSPS) is 12.8. The predicted octanol–water partition coefficient (Wildman–Crippen LogP) is 19.2. The van der Waals surface area contributed by atoms with Crippen molar-refractivity contribution < 1.29 is 23.8 Å². The molecular formula is C61H106O5. The number of carbonyl (C=O) groups is 2. The van der Waals surface area contributed by atoms with Gasteiger partial charge in [-0.15, -0.1) is 0 Å². The summed E-state index contributed by atoms with van der Waals surface area (Å²) in [6.07, 6.45) is 74.7. The van der Waals surface area contributed by atoms with Crippen LogP contribution < -0.4 is 0 Å². The molecule has 0 saturated heterocycles. The van der Waals surface area contributed by atoms with Gasteiger partial charge in [0.1, 0.15) is 19.3 Å². The van der Waals surface area contributed by atoms with Crippen molar-refractivity contribution in [3.05, 3.63) is 85.1 Å². The number of allylic oxidation sites excluding steroid dienone is 14. The van der Waals surface area contributed by atoms with E-state index < -0.39 is 6.10 Å². The molecule has 5 nitrogen and oxygen atoms in total. The molecule has 66 heavy (non-hydrogen) atoms. The Bertz CT molecular complexity index is 1220. The van der Waals surface area contributed by atoms with Crippen molar-refractivity contribution >= 4 is 11.9 Å². The Morgan fingerprint density at radius 3 is 1.00 bits per heavy atom. The molecule has 0 aliphatic rings. The standard InChI is InChI=1S/C61H106O5/c1-4-7-10-13-16-19-22-25-28-31-33-36-39-42-45-48-51-54-60(62)65-57-59(64-56-53-50-47-44-41-38-35-30-27-24-21-18-15-12-9-6-3)58-66-61(63)55-52-49-46-43-40-37-34-32-29-26-23-20-17-14-11-8-5-2/h7,10,16-17,19-20,25-26,28-29,33-34,36-37,59H,4-6,8-9,11-15,18,21-24,27,30-32,35,38-58H2,1-3H3/b10-7-,19-16-,20-17-,28-25-,29-26-,36-33-,37-34-/t59-/m1/s1. The van der Waals surface area contributed by atoms with Gasteiger partial charge in [-0.3, -0.25) is 9.59 Å². The van der Waals surface area contributed by atoms with Crippen molar-refractivity contribution in [3.63, 3.8) is 0 Å². The molecule has 1 atom stereocenters. The van der Waals surface area contributed by atoms with E-state index in [0.717, 1.165) is 116 Å². The minimum atomic E-state index is -0.422. The van der Waals surface area contributed by atoms with E-state index in [-0.39, 0.29) is 25.2 Å². The maximum atomic E-state index is 12.6. The van der Waals surface area contributed by atoms with Gasteiger partial charge < -0.3 is 14.2 Å². The first kappa shape index (κ1) is 63.1. The minimum Gasteiger partial charge on any atom is -0.463 e. The Labute approximate surface area is 409 Å². The summed E-state index contributed by atoms with van der Waals surface area (Å²) in [5.41, 5.74) is 0. The van der Waals surface area contributed by atoms with Crippen LogP contribution in [0.2, 0.25) is 0 Å². The molecular weight excluding hydrogens is 813 g/mol. The molecule has 0 rings (SSSR count). The van der Waals surface area contributed by atoms with Gasteiger partial charge in [0.05, 0.1) is 0 Å². The van der Waals surface area contributed by atoms with Gasteiger partial charge in [0, 0.05) is 19.4 Å². The molecule has 380 valence electrons. The van der Waals surface area contributed by atoms with Gasteiger partial charge in [-0.05, 0) is 96.3 Å². The smallest absolute Gasteiger partial charge is 0.305 e. The van der Waals surface area contributed by atoms with E-state index in [0.29, 0.717) is 19.4 Å². The molecule has 0 unspecified atom stereocenters. The first-order chi connectivity index (χ1) is 32.6. The summed E-state index contributed by atoms with van der Waals surface area (Å²) in [5.74, 6) is -0.381. The second-order valence-corrected chi connectivity index (χ2v) is 18.5. The van der Waals surface area contributed by atoms with Gasteiger partial charge in [-0.2, -0.15) is 0 Å². The van der Waals surface area contributed by atoms with E-state index in [9.17, 15) is 9.59 Å². The zero-order chi connectivity index (χ0) is 47.7. The van der Waals surface area contributed by atoms with Crippen LogP contribution in [0.15, 0.2) is 85.1 Å². The van der Waals surface area contributed by atoms with Gasteiger partial charge in [0.25, 0.3) is 0 Å². The number of ether oxygens (including phenoxy) is 3. The molecule has 0 bridgehead atoms. The molecule has 0 aliphatic heterocycles. The van der Waals surface area contributed by atoms with Crippen LogP contribution in [-0.4, -0.2) is 37.9 Å². The average Bonchev–Trinajstić information content (AvgIpc) is 3.32. The van der Waals surface area contributed by atoms with Crippen molar-refractivity contribution in [3.8, 4) is 0 Å². The van der Waals surface area contributed by atoms with Gasteiger partial charge in [-0.25, -0.2) is 0 Å². The predicted molar refractivity (Wildman–Crippen MR) is 288 cm³/mol. The van der Waals surface area contributed by atoms with Crippen LogP contribution in [-0.2, 0) is 23.8 Å². The molecule has 0 aliphatic carbocycles. The van der Waals surface area contributed by atoms with Crippen LogP contribution in [0.3, 0.4) is 0 Å². The molecule has 0 amide bonds. The Kier molecular flexibility index (Phi) is 53.9. The van der Waals surface area contributed by atoms with Gasteiger partial charge >= 0.3 is 11.9 Å². The summed E-state index contributed by atoms with van der Waals surface area (Å²) in [4.78, 5) is 25.3. The van der Waals surface area contributed by atoms with Crippen molar-refractivity contribution in [1.29, 1.82) is 0 Å². The number of unbranched alkanes of at least 4 members (excludes halogenated alkanes) is 26.